The smallest absolute Gasteiger partial charge is 0.354 e. The molecule has 4 aromatic rings. The molecule has 0 radical (unpaired) electrons. The minimum atomic E-state index is -1.11. The van der Waals surface area contributed by atoms with E-state index in [1.807, 2.05) is 54.6 Å². The average Bonchev–Trinajstić information content (AvgIpc) is 3.39. The van der Waals surface area contributed by atoms with E-state index in [1.54, 1.807) is 15.2 Å². The first-order chi connectivity index (χ1) is 14.6. The fraction of sp³-hybridized carbons (Fsp3) is 0.174. The molecule has 1 atom stereocenters. The summed E-state index contributed by atoms with van der Waals surface area (Å²) in [4.78, 5) is 29.2. The molecule has 0 bridgehead atoms. The second-order valence-electron chi connectivity index (χ2n) is 7.39. The average molecular weight is 400 g/mol. The van der Waals surface area contributed by atoms with Gasteiger partial charge in [-0.25, -0.2) is 14.6 Å². The van der Waals surface area contributed by atoms with Crippen molar-refractivity contribution in [2.45, 2.75) is 12.5 Å². The van der Waals surface area contributed by atoms with Crippen LogP contribution in [-0.2, 0) is 0 Å². The van der Waals surface area contributed by atoms with Crippen LogP contribution in [0.25, 0.3) is 28.0 Å². The Bertz CT molecular complexity index is 1280. The van der Waals surface area contributed by atoms with Crippen LogP contribution in [-0.4, -0.2) is 38.3 Å². The number of nitrogens with one attached hydrogen (secondary N) is 1. The van der Waals surface area contributed by atoms with Crippen molar-refractivity contribution in [3.63, 3.8) is 0 Å². The molecule has 3 heterocycles. The molecule has 0 spiro atoms. The van der Waals surface area contributed by atoms with E-state index in [0.717, 1.165) is 29.8 Å². The molecule has 2 aromatic carbocycles. The van der Waals surface area contributed by atoms with Gasteiger partial charge in [-0.1, -0.05) is 42.5 Å². The van der Waals surface area contributed by atoms with E-state index < -0.39 is 5.97 Å². The van der Waals surface area contributed by atoms with E-state index in [4.69, 9.17) is 0 Å². The van der Waals surface area contributed by atoms with Crippen LogP contribution in [0.5, 0.6) is 0 Å². The third-order valence-corrected chi connectivity index (χ3v) is 5.57. The van der Waals surface area contributed by atoms with Crippen molar-refractivity contribution in [1.82, 2.24) is 19.4 Å². The summed E-state index contributed by atoms with van der Waals surface area (Å²) in [5.41, 5.74) is 3.61. The zero-order chi connectivity index (χ0) is 20.7. The molecule has 0 unspecified atom stereocenters. The van der Waals surface area contributed by atoms with Gasteiger partial charge in [0.25, 0.3) is 0 Å². The van der Waals surface area contributed by atoms with Gasteiger partial charge in [0.1, 0.15) is 0 Å². The van der Waals surface area contributed by atoms with Crippen LogP contribution < -0.4 is 11.0 Å². The molecule has 30 heavy (non-hydrogen) atoms. The van der Waals surface area contributed by atoms with Crippen LogP contribution in [0.2, 0.25) is 0 Å². The van der Waals surface area contributed by atoms with Gasteiger partial charge >= 0.3 is 11.7 Å². The lowest BCUT2D eigenvalue weighted by Crippen LogP contribution is -2.28. The number of aromatic carboxylic acids is 1. The largest absolute Gasteiger partial charge is 0.477 e. The first-order valence-corrected chi connectivity index (χ1v) is 9.87. The van der Waals surface area contributed by atoms with Crippen molar-refractivity contribution in [2.75, 3.05) is 13.1 Å². The number of carbonyl (C=O) groups is 1. The summed E-state index contributed by atoms with van der Waals surface area (Å²) >= 11 is 0. The molecule has 150 valence electrons. The zero-order valence-electron chi connectivity index (χ0n) is 16.2. The summed E-state index contributed by atoms with van der Waals surface area (Å²) in [5.74, 6) is -1.11. The van der Waals surface area contributed by atoms with Crippen LogP contribution in [0.3, 0.4) is 0 Å². The van der Waals surface area contributed by atoms with Crippen LogP contribution in [0.1, 0.15) is 23.0 Å². The van der Waals surface area contributed by atoms with Crippen molar-refractivity contribution >= 4 is 17.1 Å². The van der Waals surface area contributed by atoms with Gasteiger partial charge in [0.15, 0.2) is 11.3 Å². The highest BCUT2D eigenvalue weighted by Crippen LogP contribution is 2.25. The standard InChI is InChI=1S/C23H20N4O3/c28-22(29)19-10-11-20-21(25-19)27(18-12-13-24-14-18)23(30)26(20)17-8-6-16(7-9-17)15-4-2-1-3-5-15/h1-11,18,24H,12-14H2,(H,28,29)/t18-/m0/s1. The number of nitrogens with zero attached hydrogens (tertiary/aromatic N) is 3. The Kier molecular flexibility index (Phi) is 4.44. The summed E-state index contributed by atoms with van der Waals surface area (Å²) < 4.78 is 3.24. The first kappa shape index (κ1) is 18.3. The van der Waals surface area contributed by atoms with E-state index >= 15 is 0 Å². The normalized spacial score (nSPS) is 16.2. The molecule has 1 aliphatic rings. The summed E-state index contributed by atoms with van der Waals surface area (Å²) in [6.07, 6.45) is 0.797. The molecule has 0 saturated carbocycles. The Morgan fingerprint density at radius 3 is 2.40 bits per heavy atom. The van der Waals surface area contributed by atoms with Crippen LogP contribution in [0.4, 0.5) is 0 Å². The summed E-state index contributed by atoms with van der Waals surface area (Å²) in [5, 5.41) is 12.6. The van der Waals surface area contributed by atoms with Crippen molar-refractivity contribution in [3.8, 4) is 16.8 Å². The van der Waals surface area contributed by atoms with Gasteiger partial charge < -0.3 is 10.4 Å². The van der Waals surface area contributed by atoms with Crippen LogP contribution in [0, 0.1) is 0 Å². The number of hydrogen-bond donors (Lipinski definition) is 2. The van der Waals surface area contributed by atoms with E-state index in [2.05, 4.69) is 10.3 Å². The Labute approximate surface area is 172 Å². The molecular weight excluding hydrogens is 380 g/mol. The number of benzene rings is 2. The Morgan fingerprint density at radius 2 is 1.73 bits per heavy atom. The monoisotopic (exact) mass is 400 g/mol. The predicted molar refractivity (Wildman–Crippen MR) is 114 cm³/mol. The van der Waals surface area contributed by atoms with Gasteiger partial charge in [-0.3, -0.25) is 9.13 Å². The minimum absolute atomic E-state index is 0.0543. The van der Waals surface area contributed by atoms with Gasteiger partial charge in [0.05, 0.1) is 17.2 Å². The molecule has 1 fully saturated rings. The number of rotatable bonds is 4. The zero-order valence-corrected chi connectivity index (χ0v) is 16.2. The van der Waals surface area contributed by atoms with E-state index in [9.17, 15) is 14.7 Å². The highest BCUT2D eigenvalue weighted by atomic mass is 16.4. The maximum Gasteiger partial charge on any atom is 0.354 e. The predicted octanol–water partition coefficient (Wildman–Crippen LogP) is 3.09. The SMILES string of the molecule is O=C(O)c1ccc2c(n1)n([C@H]1CCNC1)c(=O)n2-c1ccc(-c2ccccc2)cc1. The summed E-state index contributed by atoms with van der Waals surface area (Å²) in [6.45, 7) is 1.47. The fourth-order valence-corrected chi connectivity index (χ4v) is 4.09. The number of carboxylic acids is 1. The molecule has 7 heteroatoms. The lowest BCUT2D eigenvalue weighted by Gasteiger charge is -2.09. The number of carboxylic acid groups (broad SMARTS) is 1. The van der Waals surface area contributed by atoms with Crippen molar-refractivity contribution in [3.05, 3.63) is 82.9 Å². The van der Waals surface area contributed by atoms with Crippen LogP contribution in [0.15, 0.2) is 71.5 Å². The number of imidazole rings is 1. The molecule has 0 amide bonds. The van der Waals surface area contributed by atoms with Gasteiger partial charge in [-0.2, -0.15) is 0 Å². The highest BCUT2D eigenvalue weighted by molar-refractivity contribution is 5.88. The molecule has 2 N–H and O–H groups in total. The first-order valence-electron chi connectivity index (χ1n) is 9.87. The number of aromatic nitrogens is 3. The third kappa shape index (κ3) is 3.00. The molecule has 5 rings (SSSR count). The van der Waals surface area contributed by atoms with Gasteiger partial charge in [-0.15, -0.1) is 0 Å². The molecule has 1 aliphatic heterocycles. The molecule has 1 saturated heterocycles. The van der Waals surface area contributed by atoms with Gasteiger partial charge in [-0.05, 0) is 48.4 Å². The molecule has 7 nitrogen and oxygen atoms in total. The third-order valence-electron chi connectivity index (χ3n) is 5.57. The fourth-order valence-electron chi connectivity index (χ4n) is 4.09. The molecule has 2 aromatic heterocycles. The highest BCUT2D eigenvalue weighted by Gasteiger charge is 2.25. The summed E-state index contributed by atoms with van der Waals surface area (Å²) in [6, 6.07) is 20.9. The maximum absolute atomic E-state index is 13.4. The Morgan fingerprint density at radius 1 is 1.00 bits per heavy atom. The second-order valence-corrected chi connectivity index (χ2v) is 7.39. The molecule has 0 aliphatic carbocycles. The second kappa shape index (κ2) is 7.27. The summed E-state index contributed by atoms with van der Waals surface area (Å²) in [7, 11) is 0. The maximum atomic E-state index is 13.4. The number of fused-ring (bicyclic) bond motifs is 1. The lowest BCUT2D eigenvalue weighted by molar-refractivity contribution is 0.0691. The van der Waals surface area contributed by atoms with Gasteiger partial charge in [0.2, 0.25) is 0 Å². The van der Waals surface area contributed by atoms with Crippen molar-refractivity contribution < 1.29 is 9.90 Å². The minimum Gasteiger partial charge on any atom is -0.477 e. The van der Waals surface area contributed by atoms with Gasteiger partial charge in [0, 0.05) is 6.54 Å². The Balaban J connectivity index is 1.68. The number of hydrogen-bond acceptors (Lipinski definition) is 4. The number of pyridine rings is 1. The molecular formula is C23H20N4O3. The van der Waals surface area contributed by atoms with Crippen LogP contribution >= 0.6 is 0 Å². The van der Waals surface area contributed by atoms with Crippen molar-refractivity contribution in [1.29, 1.82) is 0 Å². The Hall–Kier alpha value is -3.71. The van der Waals surface area contributed by atoms with E-state index in [0.29, 0.717) is 17.7 Å². The van der Waals surface area contributed by atoms with E-state index in [1.165, 1.54) is 6.07 Å². The quantitative estimate of drug-likeness (QED) is 0.550. The topological polar surface area (TPSA) is 89.2 Å². The lowest BCUT2D eigenvalue weighted by atomic mass is 10.1. The van der Waals surface area contributed by atoms with Crippen molar-refractivity contribution in [2.24, 2.45) is 0 Å². The van der Waals surface area contributed by atoms with E-state index in [-0.39, 0.29) is 17.4 Å².